The van der Waals surface area contributed by atoms with Crippen LogP contribution in [-0.4, -0.2) is 30.3 Å². The van der Waals surface area contributed by atoms with Crippen LogP contribution in [0.25, 0.3) is 0 Å². The molecule has 0 aliphatic rings. The number of pyridine rings is 1. The van der Waals surface area contributed by atoms with Crippen LogP contribution >= 0.6 is 23.2 Å². The van der Waals surface area contributed by atoms with Gasteiger partial charge in [-0.05, 0) is 53.1 Å². The minimum absolute atomic E-state index is 0.170. The third-order valence-electron chi connectivity index (χ3n) is 5.95. The molecule has 7 nitrogen and oxygen atoms in total. The zero-order valence-corrected chi connectivity index (χ0v) is 22.3. The van der Waals surface area contributed by atoms with Crippen molar-refractivity contribution >= 4 is 34.9 Å². The smallest absolute Gasteiger partial charge is 0.338 e. The summed E-state index contributed by atoms with van der Waals surface area (Å²) in [5.74, 6) is 0.711. The van der Waals surface area contributed by atoms with Crippen LogP contribution in [0.1, 0.15) is 33.2 Å². The number of anilines is 1. The number of carbonyl (C=O) groups excluding carboxylic acids is 1. The minimum Gasteiger partial charge on any atom is -0.506 e. The molecule has 4 rings (SSSR count). The summed E-state index contributed by atoms with van der Waals surface area (Å²) in [6, 6.07) is 19.3. The lowest BCUT2D eigenvalue weighted by atomic mass is 10.0. The van der Waals surface area contributed by atoms with Crippen molar-refractivity contribution in [3.63, 3.8) is 0 Å². The Kier molecular flexibility index (Phi) is 8.94. The van der Waals surface area contributed by atoms with Crippen molar-refractivity contribution in [2.45, 2.75) is 19.1 Å². The van der Waals surface area contributed by atoms with Crippen LogP contribution in [0.2, 0.25) is 10.0 Å². The van der Waals surface area contributed by atoms with Gasteiger partial charge < -0.3 is 24.6 Å². The third-order valence-corrected chi connectivity index (χ3v) is 6.60. The number of ether oxygens (including phenoxy) is 3. The number of para-hydroxylation sites is 2. The van der Waals surface area contributed by atoms with Gasteiger partial charge in [-0.3, -0.25) is 4.98 Å². The summed E-state index contributed by atoms with van der Waals surface area (Å²) in [4.78, 5) is 17.2. The zero-order chi connectivity index (χ0) is 27.1. The molecule has 2 N–H and O–H groups in total. The van der Waals surface area contributed by atoms with Crippen molar-refractivity contribution in [2.24, 2.45) is 0 Å². The molecule has 1 aromatic heterocycles. The summed E-state index contributed by atoms with van der Waals surface area (Å²) >= 11 is 12.7. The summed E-state index contributed by atoms with van der Waals surface area (Å²) in [6.07, 6.45) is 2.50. The topological polar surface area (TPSA) is 89.9 Å². The second kappa shape index (κ2) is 12.5. The van der Waals surface area contributed by atoms with E-state index in [1.807, 2.05) is 18.2 Å². The van der Waals surface area contributed by atoms with Crippen LogP contribution in [0.15, 0.2) is 79.1 Å². The van der Waals surface area contributed by atoms with E-state index in [-0.39, 0.29) is 12.2 Å². The van der Waals surface area contributed by atoms with Gasteiger partial charge in [0.25, 0.3) is 0 Å². The monoisotopic (exact) mass is 552 g/mol. The summed E-state index contributed by atoms with van der Waals surface area (Å²) in [5, 5.41) is 13.8. The number of esters is 1. The lowest BCUT2D eigenvalue weighted by molar-refractivity contribution is 0.0297. The molecule has 0 unspecified atom stereocenters. The molecule has 0 saturated heterocycles. The molecule has 9 heteroatoms. The Morgan fingerprint density at radius 1 is 0.947 bits per heavy atom. The Morgan fingerprint density at radius 2 is 1.63 bits per heavy atom. The largest absolute Gasteiger partial charge is 0.506 e. The fraction of sp³-hybridized carbons (Fsp3) is 0.172. The number of phenolic OH excluding ortho intramolecular Hbond substituents is 1. The van der Waals surface area contributed by atoms with Crippen molar-refractivity contribution in [1.29, 1.82) is 0 Å². The van der Waals surface area contributed by atoms with Gasteiger partial charge in [0.15, 0.2) is 11.5 Å². The number of nitrogens with one attached hydrogen (secondary N) is 1. The number of benzene rings is 3. The molecular weight excluding hydrogens is 527 g/mol. The predicted octanol–water partition coefficient (Wildman–Crippen LogP) is 6.86. The van der Waals surface area contributed by atoms with E-state index in [1.54, 1.807) is 55.6 Å². The van der Waals surface area contributed by atoms with Crippen molar-refractivity contribution in [3.05, 3.63) is 111 Å². The van der Waals surface area contributed by atoms with E-state index in [0.717, 1.165) is 5.56 Å². The molecule has 0 amide bonds. The molecule has 0 radical (unpaired) electrons. The summed E-state index contributed by atoms with van der Waals surface area (Å²) in [5.41, 5.74) is 3.23. The van der Waals surface area contributed by atoms with E-state index in [9.17, 15) is 9.90 Å². The molecule has 0 bridgehead atoms. The Balaban J connectivity index is 1.54. The molecule has 0 saturated carbocycles. The maximum Gasteiger partial charge on any atom is 0.338 e. The summed E-state index contributed by atoms with van der Waals surface area (Å²) in [6.45, 7) is 0.472. The molecule has 38 heavy (non-hydrogen) atoms. The zero-order valence-electron chi connectivity index (χ0n) is 20.8. The van der Waals surface area contributed by atoms with Gasteiger partial charge in [0.1, 0.15) is 11.9 Å². The first-order valence-corrected chi connectivity index (χ1v) is 12.5. The normalized spacial score (nSPS) is 11.5. The SMILES string of the molecule is COc1ccc([C@H](Cc2c(Cl)cncc2Cl)OC(=O)c2ccc(CNc3ccccc3O)cc2)cc1OC. The average Bonchev–Trinajstić information content (AvgIpc) is 2.93. The second-order valence-corrected chi connectivity index (χ2v) is 9.18. The quantitative estimate of drug-likeness (QED) is 0.164. The number of methoxy groups -OCH3 is 2. The molecule has 0 aliphatic carbocycles. The number of aromatic nitrogens is 1. The van der Waals surface area contributed by atoms with Crippen LogP contribution < -0.4 is 14.8 Å². The number of hydrogen-bond donors (Lipinski definition) is 2. The highest BCUT2D eigenvalue weighted by Crippen LogP contribution is 2.35. The highest BCUT2D eigenvalue weighted by molar-refractivity contribution is 6.35. The maximum atomic E-state index is 13.2. The number of nitrogens with zero attached hydrogens (tertiary/aromatic N) is 1. The van der Waals surface area contributed by atoms with E-state index in [4.69, 9.17) is 37.4 Å². The lowest BCUT2D eigenvalue weighted by Gasteiger charge is -2.21. The Morgan fingerprint density at radius 3 is 2.29 bits per heavy atom. The summed E-state index contributed by atoms with van der Waals surface area (Å²) < 4.78 is 16.8. The summed E-state index contributed by atoms with van der Waals surface area (Å²) in [7, 11) is 3.09. The fourth-order valence-electron chi connectivity index (χ4n) is 3.88. The average molecular weight is 553 g/mol. The minimum atomic E-state index is -0.720. The van der Waals surface area contributed by atoms with Gasteiger partial charge in [0.05, 0.1) is 35.5 Å². The number of phenols is 1. The van der Waals surface area contributed by atoms with Crippen LogP contribution in [0.5, 0.6) is 17.2 Å². The standard InChI is InChI=1S/C29H26Cl2N2O5/c1-36-26-12-11-20(13-28(26)37-2)27(14-21-22(30)16-32-17-23(21)31)38-29(35)19-9-7-18(8-10-19)15-33-24-5-3-4-6-25(24)34/h3-13,16-17,27,33-34H,14-15H2,1-2H3/t27-/m0/s1. The third kappa shape index (κ3) is 6.49. The molecule has 4 aromatic rings. The van der Waals surface area contributed by atoms with Crippen LogP contribution in [-0.2, 0) is 17.7 Å². The van der Waals surface area contributed by atoms with E-state index in [2.05, 4.69) is 10.3 Å². The second-order valence-electron chi connectivity index (χ2n) is 8.36. The molecule has 1 heterocycles. The molecular formula is C29H26Cl2N2O5. The Labute approximate surface area is 230 Å². The lowest BCUT2D eigenvalue weighted by Crippen LogP contribution is -2.15. The van der Waals surface area contributed by atoms with Crippen molar-refractivity contribution in [3.8, 4) is 17.2 Å². The highest BCUT2D eigenvalue weighted by Gasteiger charge is 2.23. The number of halogens is 2. The first-order chi connectivity index (χ1) is 18.4. The van der Waals surface area contributed by atoms with Gasteiger partial charge in [-0.25, -0.2) is 4.79 Å². The number of rotatable bonds is 10. The van der Waals surface area contributed by atoms with Gasteiger partial charge >= 0.3 is 5.97 Å². The van der Waals surface area contributed by atoms with E-state index in [1.165, 1.54) is 19.5 Å². The molecule has 1 atom stereocenters. The Hall–Kier alpha value is -3.94. The van der Waals surface area contributed by atoms with Gasteiger partial charge in [-0.15, -0.1) is 0 Å². The van der Waals surface area contributed by atoms with Crippen LogP contribution in [0.3, 0.4) is 0 Å². The molecule has 0 aliphatic heterocycles. The van der Waals surface area contributed by atoms with Crippen molar-refractivity contribution in [1.82, 2.24) is 4.98 Å². The molecule has 0 spiro atoms. The van der Waals surface area contributed by atoms with Crippen LogP contribution in [0, 0.1) is 0 Å². The van der Waals surface area contributed by atoms with Gasteiger partial charge in [-0.2, -0.15) is 0 Å². The fourth-order valence-corrected chi connectivity index (χ4v) is 4.39. The van der Waals surface area contributed by atoms with Crippen molar-refractivity contribution in [2.75, 3.05) is 19.5 Å². The first-order valence-electron chi connectivity index (χ1n) is 11.7. The Bertz CT molecular complexity index is 1390. The van der Waals surface area contributed by atoms with Gasteiger partial charge in [0, 0.05) is 25.4 Å². The maximum absolute atomic E-state index is 13.2. The molecule has 0 fully saturated rings. The van der Waals surface area contributed by atoms with Crippen molar-refractivity contribution < 1.29 is 24.1 Å². The van der Waals surface area contributed by atoms with E-state index in [0.29, 0.717) is 50.5 Å². The molecule has 196 valence electrons. The highest BCUT2D eigenvalue weighted by atomic mass is 35.5. The van der Waals surface area contributed by atoms with Gasteiger partial charge in [-0.1, -0.05) is 53.5 Å². The van der Waals surface area contributed by atoms with E-state index < -0.39 is 12.1 Å². The van der Waals surface area contributed by atoms with E-state index >= 15 is 0 Å². The number of carbonyl (C=O) groups is 1. The predicted molar refractivity (Wildman–Crippen MR) is 148 cm³/mol. The number of aromatic hydroxyl groups is 1. The van der Waals surface area contributed by atoms with Crippen LogP contribution in [0.4, 0.5) is 5.69 Å². The first kappa shape index (κ1) is 27.1. The number of hydrogen-bond acceptors (Lipinski definition) is 7. The van der Waals surface area contributed by atoms with Gasteiger partial charge in [0.2, 0.25) is 0 Å². The molecule has 3 aromatic carbocycles.